The first-order valence-electron chi connectivity index (χ1n) is 9.55. The molecule has 0 unspecified atom stereocenters. The molecule has 0 aliphatic carbocycles. The Kier molecular flexibility index (Phi) is 6.43. The van der Waals surface area contributed by atoms with Gasteiger partial charge in [-0.3, -0.25) is 0 Å². The largest absolute Gasteiger partial charge is 0.495 e. The third-order valence-corrected chi connectivity index (χ3v) is 5.05. The van der Waals surface area contributed by atoms with Crippen LogP contribution in [0.1, 0.15) is 17.1 Å². The van der Waals surface area contributed by atoms with Gasteiger partial charge in [-0.1, -0.05) is 29.3 Å². The number of ether oxygens (including phenoxy) is 3. The molecule has 10 heteroatoms. The van der Waals surface area contributed by atoms with Crippen LogP contribution in [0.5, 0.6) is 23.5 Å². The summed E-state index contributed by atoms with van der Waals surface area (Å²) in [7, 11) is 3.10. The van der Waals surface area contributed by atoms with Crippen molar-refractivity contribution in [3.63, 3.8) is 0 Å². The monoisotopic (exact) mass is 471 g/mol. The smallest absolute Gasteiger partial charge is 0.328 e. The number of rotatable bonds is 7. The molecule has 0 saturated carbocycles. The lowest BCUT2D eigenvalue weighted by atomic mass is 10.1. The van der Waals surface area contributed by atoms with Crippen molar-refractivity contribution in [1.82, 2.24) is 24.5 Å². The number of imidazole rings is 1. The molecular formula is C22H19Cl2N5O3. The van der Waals surface area contributed by atoms with Gasteiger partial charge in [0.15, 0.2) is 0 Å². The molecule has 4 rings (SSSR count). The summed E-state index contributed by atoms with van der Waals surface area (Å²) in [5.41, 5.74) is 2.74. The zero-order valence-corrected chi connectivity index (χ0v) is 19.1. The number of aryl methyl sites for hydroxylation is 1. The molecular weight excluding hydrogens is 453 g/mol. The van der Waals surface area contributed by atoms with Crippen LogP contribution in [0.15, 0.2) is 48.9 Å². The Morgan fingerprint density at radius 3 is 2.41 bits per heavy atom. The molecule has 0 fully saturated rings. The van der Waals surface area contributed by atoms with Gasteiger partial charge in [-0.15, -0.1) is 4.98 Å². The van der Waals surface area contributed by atoms with Crippen LogP contribution in [0, 0.1) is 6.92 Å². The van der Waals surface area contributed by atoms with Crippen LogP contribution in [0.2, 0.25) is 10.0 Å². The summed E-state index contributed by atoms with van der Waals surface area (Å²) in [6.45, 7) is 1.93. The van der Waals surface area contributed by atoms with E-state index in [4.69, 9.17) is 37.4 Å². The lowest BCUT2D eigenvalue weighted by Gasteiger charge is -2.12. The first kappa shape index (κ1) is 21.9. The molecule has 0 saturated heterocycles. The number of aromatic nitrogens is 5. The van der Waals surface area contributed by atoms with E-state index < -0.39 is 0 Å². The van der Waals surface area contributed by atoms with Gasteiger partial charge in [-0.05, 0) is 42.8 Å². The van der Waals surface area contributed by atoms with Crippen molar-refractivity contribution < 1.29 is 14.2 Å². The SMILES string of the molecule is COc1nc(Cc2ccc(-n3cnc(C)c3)c(OC)c2)nc(Oc2ccc(Cl)cc2Cl)n1. The zero-order valence-electron chi connectivity index (χ0n) is 17.5. The van der Waals surface area contributed by atoms with Crippen LogP contribution in [0.4, 0.5) is 0 Å². The molecule has 0 atom stereocenters. The predicted octanol–water partition coefficient (Wildman–Crippen LogP) is 5.07. The number of hydrogen-bond acceptors (Lipinski definition) is 7. The predicted molar refractivity (Wildman–Crippen MR) is 121 cm³/mol. The van der Waals surface area contributed by atoms with E-state index in [0.29, 0.717) is 33.8 Å². The minimum absolute atomic E-state index is 0.0635. The average Bonchev–Trinajstić information content (AvgIpc) is 3.21. The van der Waals surface area contributed by atoms with Crippen LogP contribution in [0.25, 0.3) is 5.69 Å². The Bertz CT molecular complexity index is 1260. The molecule has 2 heterocycles. The number of halogens is 2. The Balaban J connectivity index is 1.61. The van der Waals surface area contributed by atoms with E-state index in [1.807, 2.05) is 35.9 Å². The molecule has 0 N–H and O–H groups in total. The van der Waals surface area contributed by atoms with E-state index >= 15 is 0 Å². The maximum Gasteiger partial charge on any atom is 0.328 e. The normalized spacial score (nSPS) is 10.8. The van der Waals surface area contributed by atoms with Gasteiger partial charge in [0.05, 0.1) is 37.0 Å². The summed E-state index contributed by atoms with van der Waals surface area (Å²) in [5, 5.41) is 0.841. The fourth-order valence-corrected chi connectivity index (χ4v) is 3.48. The molecule has 0 radical (unpaired) electrons. The molecule has 0 spiro atoms. The van der Waals surface area contributed by atoms with Gasteiger partial charge in [0.2, 0.25) is 0 Å². The van der Waals surface area contributed by atoms with E-state index in [1.54, 1.807) is 31.6 Å². The highest BCUT2D eigenvalue weighted by Gasteiger charge is 2.14. The molecule has 32 heavy (non-hydrogen) atoms. The van der Waals surface area contributed by atoms with Crippen molar-refractivity contribution in [2.75, 3.05) is 14.2 Å². The summed E-state index contributed by atoms with van der Waals surface area (Å²) >= 11 is 12.1. The van der Waals surface area contributed by atoms with Crippen molar-refractivity contribution in [1.29, 1.82) is 0 Å². The van der Waals surface area contributed by atoms with E-state index in [-0.39, 0.29) is 12.0 Å². The highest BCUT2D eigenvalue weighted by Crippen LogP contribution is 2.31. The quantitative estimate of drug-likeness (QED) is 0.371. The molecule has 164 valence electrons. The second-order valence-electron chi connectivity index (χ2n) is 6.80. The van der Waals surface area contributed by atoms with Gasteiger partial charge < -0.3 is 18.8 Å². The van der Waals surface area contributed by atoms with Crippen molar-refractivity contribution in [3.05, 3.63) is 76.0 Å². The first-order valence-corrected chi connectivity index (χ1v) is 10.3. The number of methoxy groups -OCH3 is 2. The third kappa shape index (κ3) is 4.92. The van der Waals surface area contributed by atoms with Crippen LogP contribution in [-0.2, 0) is 6.42 Å². The fourth-order valence-electron chi connectivity index (χ4n) is 3.03. The minimum atomic E-state index is 0.0635. The van der Waals surface area contributed by atoms with E-state index in [0.717, 1.165) is 16.9 Å². The zero-order chi connectivity index (χ0) is 22.7. The number of nitrogens with zero attached hydrogens (tertiary/aromatic N) is 5. The van der Waals surface area contributed by atoms with Gasteiger partial charge in [-0.2, -0.15) is 9.97 Å². The fraction of sp³-hybridized carbons (Fsp3) is 0.182. The van der Waals surface area contributed by atoms with E-state index in [2.05, 4.69) is 19.9 Å². The van der Waals surface area contributed by atoms with Crippen LogP contribution < -0.4 is 14.2 Å². The van der Waals surface area contributed by atoms with E-state index in [9.17, 15) is 0 Å². The molecule has 2 aromatic carbocycles. The van der Waals surface area contributed by atoms with Gasteiger partial charge in [0.1, 0.15) is 17.3 Å². The van der Waals surface area contributed by atoms with Crippen LogP contribution in [0.3, 0.4) is 0 Å². The Morgan fingerprint density at radius 1 is 0.906 bits per heavy atom. The summed E-state index contributed by atoms with van der Waals surface area (Å²) in [5.74, 6) is 1.53. The second-order valence-corrected chi connectivity index (χ2v) is 7.65. The Hall–Kier alpha value is -3.36. The topological polar surface area (TPSA) is 84.2 Å². The van der Waals surface area contributed by atoms with Gasteiger partial charge in [-0.25, -0.2) is 4.98 Å². The third-order valence-electron chi connectivity index (χ3n) is 4.51. The molecule has 0 bridgehead atoms. The van der Waals surface area contributed by atoms with Gasteiger partial charge in [0.25, 0.3) is 0 Å². The number of benzene rings is 2. The van der Waals surface area contributed by atoms with Gasteiger partial charge >= 0.3 is 12.0 Å². The summed E-state index contributed by atoms with van der Waals surface area (Å²) in [6, 6.07) is 10.9. The minimum Gasteiger partial charge on any atom is -0.495 e. The molecule has 8 nitrogen and oxygen atoms in total. The highest BCUT2D eigenvalue weighted by atomic mass is 35.5. The molecule has 0 aliphatic heterocycles. The maximum atomic E-state index is 6.19. The highest BCUT2D eigenvalue weighted by molar-refractivity contribution is 6.35. The van der Waals surface area contributed by atoms with E-state index in [1.165, 1.54) is 7.11 Å². The molecule has 2 aromatic heterocycles. The van der Waals surface area contributed by atoms with Crippen molar-refractivity contribution in [2.45, 2.75) is 13.3 Å². The standard InChI is InChI=1S/C22H19Cl2N5O3/c1-13-11-29(12-25-13)17-6-4-14(8-19(17)30-2)9-20-26-21(31-3)28-22(27-20)32-18-7-5-15(23)10-16(18)24/h4-8,10-12H,9H2,1-3H3. The lowest BCUT2D eigenvalue weighted by molar-refractivity contribution is 0.356. The number of hydrogen-bond donors (Lipinski definition) is 0. The average molecular weight is 472 g/mol. The van der Waals surface area contributed by atoms with Crippen molar-refractivity contribution >= 4 is 23.2 Å². The Labute approximate surface area is 194 Å². The van der Waals surface area contributed by atoms with Crippen molar-refractivity contribution in [2.24, 2.45) is 0 Å². The maximum absolute atomic E-state index is 6.19. The summed E-state index contributed by atoms with van der Waals surface area (Å²) < 4.78 is 18.4. The summed E-state index contributed by atoms with van der Waals surface area (Å²) in [6.07, 6.45) is 4.08. The van der Waals surface area contributed by atoms with Crippen LogP contribution >= 0.6 is 23.2 Å². The molecule has 0 amide bonds. The summed E-state index contributed by atoms with van der Waals surface area (Å²) in [4.78, 5) is 17.2. The first-order chi connectivity index (χ1) is 15.4. The van der Waals surface area contributed by atoms with Gasteiger partial charge in [0, 0.05) is 17.6 Å². The molecule has 0 aliphatic rings. The second kappa shape index (κ2) is 9.42. The van der Waals surface area contributed by atoms with Crippen molar-refractivity contribution in [3.8, 4) is 29.2 Å². The lowest BCUT2D eigenvalue weighted by Crippen LogP contribution is -2.05. The Morgan fingerprint density at radius 2 is 1.72 bits per heavy atom. The van der Waals surface area contributed by atoms with Crippen LogP contribution in [-0.4, -0.2) is 38.7 Å². The molecule has 4 aromatic rings.